The van der Waals surface area contributed by atoms with Gasteiger partial charge in [-0.05, 0) is 47.0 Å². The Bertz CT molecular complexity index is 1150. The molecule has 1 fully saturated rings. The van der Waals surface area contributed by atoms with E-state index in [1.54, 1.807) is 12.4 Å². The van der Waals surface area contributed by atoms with E-state index in [1.165, 1.54) is 5.56 Å². The van der Waals surface area contributed by atoms with E-state index in [9.17, 15) is 0 Å². The lowest BCUT2D eigenvalue weighted by atomic mass is 10.1. The Hall–Kier alpha value is -3.07. The van der Waals surface area contributed by atoms with Gasteiger partial charge in [-0.15, -0.1) is 0 Å². The summed E-state index contributed by atoms with van der Waals surface area (Å²) in [5.41, 5.74) is 4.91. The molecule has 4 heterocycles. The van der Waals surface area contributed by atoms with Crippen LogP contribution in [0.25, 0.3) is 22.2 Å². The van der Waals surface area contributed by atoms with Gasteiger partial charge in [0.1, 0.15) is 5.82 Å². The van der Waals surface area contributed by atoms with Crippen molar-refractivity contribution in [2.24, 2.45) is 0 Å². The number of aromatic amines is 1. The van der Waals surface area contributed by atoms with Crippen molar-refractivity contribution in [2.75, 3.05) is 31.5 Å². The molecule has 4 aromatic rings. The minimum absolute atomic E-state index is 0.236. The number of pyridine rings is 1. The van der Waals surface area contributed by atoms with Crippen LogP contribution in [0.2, 0.25) is 5.28 Å². The smallest absolute Gasteiger partial charge is 0.222 e. The van der Waals surface area contributed by atoms with Crippen molar-refractivity contribution < 1.29 is 0 Å². The Kier molecular flexibility index (Phi) is 5.27. The highest BCUT2D eigenvalue weighted by molar-refractivity contribution is 6.28. The molecule has 1 aromatic carbocycles. The van der Waals surface area contributed by atoms with Gasteiger partial charge in [0.25, 0.3) is 0 Å². The zero-order valence-corrected chi connectivity index (χ0v) is 17.0. The molecule has 1 saturated heterocycles. The van der Waals surface area contributed by atoms with Crippen molar-refractivity contribution in [2.45, 2.75) is 6.54 Å². The molecule has 9 heteroatoms. The highest BCUT2D eigenvalue weighted by Gasteiger charge is 2.11. The number of nitrogens with zero attached hydrogens (tertiary/aromatic N) is 5. The number of rotatable bonds is 5. The van der Waals surface area contributed by atoms with E-state index < -0.39 is 0 Å². The summed E-state index contributed by atoms with van der Waals surface area (Å²) in [6, 6.07) is 10.1. The van der Waals surface area contributed by atoms with Crippen LogP contribution in [0.15, 0.2) is 48.9 Å². The molecule has 5 rings (SSSR count). The van der Waals surface area contributed by atoms with E-state index in [2.05, 4.69) is 52.6 Å². The van der Waals surface area contributed by atoms with Crippen LogP contribution in [0.4, 0.5) is 11.8 Å². The topological polar surface area (TPSA) is 94.6 Å². The first-order valence-corrected chi connectivity index (χ1v) is 10.2. The number of halogens is 1. The van der Waals surface area contributed by atoms with Gasteiger partial charge >= 0.3 is 0 Å². The van der Waals surface area contributed by atoms with E-state index in [-0.39, 0.29) is 5.28 Å². The number of hydrogen-bond donors (Lipinski definition) is 3. The summed E-state index contributed by atoms with van der Waals surface area (Å²) in [5, 5.41) is 6.91. The van der Waals surface area contributed by atoms with Gasteiger partial charge in [0.05, 0.1) is 11.0 Å². The molecule has 0 saturated carbocycles. The van der Waals surface area contributed by atoms with Gasteiger partial charge in [0.2, 0.25) is 11.2 Å². The molecule has 3 aromatic heterocycles. The summed E-state index contributed by atoms with van der Waals surface area (Å²) in [5.74, 6) is 1.43. The average molecular weight is 421 g/mol. The van der Waals surface area contributed by atoms with E-state index in [4.69, 9.17) is 11.6 Å². The van der Waals surface area contributed by atoms with Crippen LogP contribution in [-0.2, 0) is 6.54 Å². The minimum atomic E-state index is 0.236. The highest BCUT2D eigenvalue weighted by Crippen LogP contribution is 2.24. The number of nitrogens with one attached hydrogen (secondary N) is 3. The molecular formula is C21H21ClN8. The number of imidazole rings is 1. The predicted octanol–water partition coefficient (Wildman–Crippen LogP) is 3.22. The SMILES string of the molecule is Clc1ncc(-c2ccc3nc(Nc4cc(CN5CCNCC5)ccn4)[nH]c3c2)cn1. The second-order valence-corrected chi connectivity index (χ2v) is 7.60. The van der Waals surface area contributed by atoms with Crippen LogP contribution in [0.5, 0.6) is 0 Å². The maximum absolute atomic E-state index is 5.78. The van der Waals surface area contributed by atoms with Crippen molar-refractivity contribution in [1.29, 1.82) is 0 Å². The lowest BCUT2D eigenvalue weighted by Gasteiger charge is -2.27. The van der Waals surface area contributed by atoms with Gasteiger partial charge in [0.15, 0.2) is 0 Å². The summed E-state index contributed by atoms with van der Waals surface area (Å²) in [6.45, 7) is 5.13. The molecule has 0 bridgehead atoms. The van der Waals surface area contributed by atoms with Crippen LogP contribution in [-0.4, -0.2) is 56.0 Å². The fourth-order valence-corrected chi connectivity index (χ4v) is 3.70. The highest BCUT2D eigenvalue weighted by atomic mass is 35.5. The monoisotopic (exact) mass is 420 g/mol. The molecule has 1 aliphatic rings. The summed E-state index contributed by atoms with van der Waals surface area (Å²) >= 11 is 5.78. The summed E-state index contributed by atoms with van der Waals surface area (Å²) in [7, 11) is 0. The molecule has 0 atom stereocenters. The zero-order chi connectivity index (χ0) is 20.3. The number of benzene rings is 1. The first-order chi connectivity index (χ1) is 14.7. The molecular weight excluding hydrogens is 400 g/mol. The number of fused-ring (bicyclic) bond motifs is 1. The molecule has 1 aliphatic heterocycles. The van der Waals surface area contributed by atoms with Gasteiger partial charge in [-0.1, -0.05) is 6.07 Å². The van der Waals surface area contributed by atoms with Crippen molar-refractivity contribution in [3.63, 3.8) is 0 Å². The first-order valence-electron chi connectivity index (χ1n) is 9.86. The van der Waals surface area contributed by atoms with E-state index in [0.29, 0.717) is 5.95 Å². The second kappa shape index (κ2) is 8.35. The number of hydrogen-bond acceptors (Lipinski definition) is 7. The average Bonchev–Trinajstić information content (AvgIpc) is 3.16. The number of anilines is 2. The summed E-state index contributed by atoms with van der Waals surface area (Å²) in [6.07, 6.45) is 5.25. The van der Waals surface area contributed by atoms with Gasteiger partial charge in [-0.25, -0.2) is 19.9 Å². The zero-order valence-electron chi connectivity index (χ0n) is 16.3. The molecule has 0 spiro atoms. The van der Waals surface area contributed by atoms with Crippen molar-refractivity contribution >= 4 is 34.4 Å². The third kappa shape index (κ3) is 4.25. The third-order valence-electron chi connectivity index (χ3n) is 5.12. The Morgan fingerprint density at radius 1 is 1.00 bits per heavy atom. The van der Waals surface area contributed by atoms with Crippen molar-refractivity contribution in [3.8, 4) is 11.1 Å². The predicted molar refractivity (Wildman–Crippen MR) is 118 cm³/mol. The Balaban J connectivity index is 1.34. The van der Waals surface area contributed by atoms with Crippen molar-refractivity contribution in [3.05, 3.63) is 59.8 Å². The van der Waals surface area contributed by atoms with E-state index >= 15 is 0 Å². The standard InChI is InChI=1S/C21H21ClN8/c22-20-25-11-16(12-26-20)15-1-2-17-18(10-15)28-21(27-17)29-19-9-14(3-4-24-19)13-30-7-5-23-6-8-30/h1-4,9-12,23H,5-8,13H2,(H2,24,27,28,29). The number of H-pyrrole nitrogens is 1. The maximum atomic E-state index is 5.78. The summed E-state index contributed by atoms with van der Waals surface area (Å²) in [4.78, 5) is 22.9. The molecule has 152 valence electrons. The molecule has 8 nitrogen and oxygen atoms in total. The van der Waals surface area contributed by atoms with Crippen LogP contribution >= 0.6 is 11.6 Å². The lowest BCUT2D eigenvalue weighted by molar-refractivity contribution is 0.233. The first kappa shape index (κ1) is 18.9. The quantitative estimate of drug-likeness (QED) is 0.427. The lowest BCUT2D eigenvalue weighted by Crippen LogP contribution is -2.42. The molecule has 3 N–H and O–H groups in total. The van der Waals surface area contributed by atoms with E-state index in [1.807, 2.05) is 24.4 Å². The number of piperazine rings is 1. The van der Waals surface area contributed by atoms with Crippen LogP contribution < -0.4 is 10.6 Å². The number of aromatic nitrogens is 5. The summed E-state index contributed by atoms with van der Waals surface area (Å²) < 4.78 is 0. The second-order valence-electron chi connectivity index (χ2n) is 7.26. The maximum Gasteiger partial charge on any atom is 0.222 e. The molecule has 30 heavy (non-hydrogen) atoms. The van der Waals surface area contributed by atoms with E-state index in [0.717, 1.165) is 60.7 Å². The molecule has 0 amide bonds. The van der Waals surface area contributed by atoms with Gasteiger partial charge in [-0.2, -0.15) is 0 Å². The molecule has 0 unspecified atom stereocenters. The Labute approximate surface area is 178 Å². The van der Waals surface area contributed by atoms with Crippen molar-refractivity contribution in [1.82, 2.24) is 35.1 Å². The van der Waals surface area contributed by atoms with Crippen LogP contribution in [0, 0.1) is 0 Å². The fraction of sp³-hybridized carbons (Fsp3) is 0.238. The fourth-order valence-electron chi connectivity index (χ4n) is 3.60. The van der Waals surface area contributed by atoms with Gasteiger partial charge in [-0.3, -0.25) is 4.90 Å². The van der Waals surface area contributed by atoms with Gasteiger partial charge in [0, 0.05) is 56.9 Å². The molecule has 0 radical (unpaired) electrons. The largest absolute Gasteiger partial charge is 0.324 e. The van der Waals surface area contributed by atoms with Crippen LogP contribution in [0.1, 0.15) is 5.56 Å². The molecule has 0 aliphatic carbocycles. The van der Waals surface area contributed by atoms with Crippen LogP contribution in [0.3, 0.4) is 0 Å². The minimum Gasteiger partial charge on any atom is -0.324 e. The third-order valence-corrected chi connectivity index (χ3v) is 5.32. The van der Waals surface area contributed by atoms with Gasteiger partial charge < -0.3 is 15.6 Å². The Morgan fingerprint density at radius 2 is 1.83 bits per heavy atom. The normalized spacial score (nSPS) is 14.8. The Morgan fingerprint density at radius 3 is 2.67 bits per heavy atom.